The van der Waals surface area contributed by atoms with Gasteiger partial charge in [-0.3, -0.25) is 9.59 Å². The van der Waals surface area contributed by atoms with E-state index in [1.54, 1.807) is 0 Å². The van der Waals surface area contributed by atoms with Crippen LogP contribution in [0.15, 0.2) is 59.5 Å². The molecule has 0 spiro atoms. The second-order valence-corrected chi connectivity index (χ2v) is 9.70. The van der Waals surface area contributed by atoms with E-state index in [9.17, 15) is 36.3 Å². The Labute approximate surface area is 189 Å². The van der Waals surface area contributed by atoms with Crippen molar-refractivity contribution in [3.05, 3.63) is 65.7 Å². The molecule has 0 aliphatic carbocycles. The number of rotatable bonds is 6. The smallest absolute Gasteiger partial charge is 0.376 e. The number of benzene rings is 2. The molecule has 3 rings (SSSR count). The standard InChI is InChI=1S/C22H23F3N2O5S/c1-16(28)17-7-9-19(10-8-17)33(31,32)27-13-11-26(12-14-27)20(29)15-21(30,22(23,24)25)18-5-3-2-4-6-18/h2-10,30H,11-15H2,1H3/t21-/m1/s1. The quantitative estimate of drug-likeness (QED) is 0.636. The maximum atomic E-state index is 13.7. The summed E-state index contributed by atoms with van der Waals surface area (Å²) >= 11 is 0. The summed E-state index contributed by atoms with van der Waals surface area (Å²) in [5.74, 6) is -1.14. The molecule has 33 heavy (non-hydrogen) atoms. The normalized spacial score (nSPS) is 17.4. The first-order chi connectivity index (χ1) is 15.4. The zero-order valence-electron chi connectivity index (χ0n) is 17.7. The van der Waals surface area contributed by atoms with Crippen LogP contribution in [0, 0.1) is 0 Å². The monoisotopic (exact) mass is 484 g/mol. The highest BCUT2D eigenvalue weighted by atomic mass is 32.2. The molecule has 0 unspecified atom stereocenters. The highest BCUT2D eigenvalue weighted by Gasteiger charge is 2.56. The molecule has 1 fully saturated rings. The molecule has 1 atom stereocenters. The number of Topliss-reactive ketones (excluding diaryl/α,β-unsaturated/α-hetero) is 1. The summed E-state index contributed by atoms with van der Waals surface area (Å²) in [6, 6.07) is 11.8. The van der Waals surface area contributed by atoms with Crippen LogP contribution in [0.3, 0.4) is 0 Å². The van der Waals surface area contributed by atoms with Gasteiger partial charge in [-0.25, -0.2) is 8.42 Å². The minimum absolute atomic E-state index is 0.0252. The van der Waals surface area contributed by atoms with Gasteiger partial charge in [0, 0.05) is 31.7 Å². The lowest BCUT2D eigenvalue weighted by molar-refractivity contribution is -0.268. The second-order valence-electron chi connectivity index (χ2n) is 7.77. The van der Waals surface area contributed by atoms with Gasteiger partial charge in [-0.05, 0) is 24.6 Å². The van der Waals surface area contributed by atoms with E-state index in [0.29, 0.717) is 5.56 Å². The average molecular weight is 484 g/mol. The predicted molar refractivity (Wildman–Crippen MR) is 113 cm³/mol. The molecular weight excluding hydrogens is 461 g/mol. The Morgan fingerprint density at radius 2 is 1.48 bits per heavy atom. The van der Waals surface area contributed by atoms with Crippen molar-refractivity contribution in [2.45, 2.75) is 30.0 Å². The van der Waals surface area contributed by atoms with Gasteiger partial charge in [0.1, 0.15) is 0 Å². The van der Waals surface area contributed by atoms with Gasteiger partial charge in [0.05, 0.1) is 11.3 Å². The van der Waals surface area contributed by atoms with Crippen molar-refractivity contribution < 1.29 is 36.3 Å². The van der Waals surface area contributed by atoms with Crippen LogP contribution in [-0.4, -0.2) is 66.8 Å². The van der Waals surface area contributed by atoms with Gasteiger partial charge in [-0.1, -0.05) is 42.5 Å². The first-order valence-electron chi connectivity index (χ1n) is 10.1. The van der Waals surface area contributed by atoms with E-state index >= 15 is 0 Å². The zero-order chi connectivity index (χ0) is 24.4. The van der Waals surface area contributed by atoms with E-state index in [1.165, 1.54) is 49.4 Å². The topological polar surface area (TPSA) is 95.0 Å². The molecule has 1 amide bonds. The Morgan fingerprint density at radius 1 is 0.939 bits per heavy atom. The van der Waals surface area contributed by atoms with Crippen LogP contribution in [0.1, 0.15) is 29.3 Å². The minimum Gasteiger partial charge on any atom is -0.376 e. The number of alkyl halides is 3. The van der Waals surface area contributed by atoms with E-state index in [-0.39, 0.29) is 36.9 Å². The lowest BCUT2D eigenvalue weighted by Crippen LogP contribution is -2.53. The summed E-state index contributed by atoms with van der Waals surface area (Å²) < 4.78 is 67.8. The van der Waals surface area contributed by atoms with Crippen LogP contribution in [0.2, 0.25) is 0 Å². The molecule has 0 radical (unpaired) electrons. The number of ketones is 1. The predicted octanol–water partition coefficient (Wildman–Crippen LogP) is 2.56. The minimum atomic E-state index is -5.08. The molecule has 1 saturated heterocycles. The molecule has 1 N–H and O–H groups in total. The van der Waals surface area contributed by atoms with Gasteiger partial charge >= 0.3 is 6.18 Å². The maximum Gasteiger partial charge on any atom is 0.421 e. The second kappa shape index (κ2) is 9.24. The van der Waals surface area contributed by atoms with E-state index in [2.05, 4.69) is 0 Å². The lowest BCUT2D eigenvalue weighted by Gasteiger charge is -2.37. The third-order valence-electron chi connectivity index (χ3n) is 5.62. The SMILES string of the molecule is CC(=O)c1ccc(S(=O)(=O)N2CCN(C(=O)C[C@@](O)(c3ccccc3)C(F)(F)F)CC2)cc1. The number of hydrogen-bond donors (Lipinski definition) is 1. The van der Waals surface area contributed by atoms with E-state index in [0.717, 1.165) is 21.3 Å². The fourth-order valence-corrected chi connectivity index (χ4v) is 5.02. The van der Waals surface area contributed by atoms with Gasteiger partial charge in [-0.15, -0.1) is 0 Å². The molecule has 1 aliphatic heterocycles. The average Bonchev–Trinajstić information content (AvgIpc) is 2.79. The molecule has 2 aromatic carbocycles. The van der Waals surface area contributed by atoms with Gasteiger partial charge in [0.25, 0.3) is 0 Å². The summed E-state index contributed by atoms with van der Waals surface area (Å²) in [5, 5.41) is 10.4. The Kier molecular flexibility index (Phi) is 6.96. The van der Waals surface area contributed by atoms with Crippen molar-refractivity contribution in [2.75, 3.05) is 26.2 Å². The van der Waals surface area contributed by atoms with Gasteiger partial charge in [0.2, 0.25) is 15.9 Å². The van der Waals surface area contributed by atoms with Crippen molar-refractivity contribution in [2.24, 2.45) is 0 Å². The van der Waals surface area contributed by atoms with Gasteiger partial charge in [-0.2, -0.15) is 17.5 Å². The molecule has 0 bridgehead atoms. The van der Waals surface area contributed by atoms with Crippen molar-refractivity contribution in [3.63, 3.8) is 0 Å². The zero-order valence-corrected chi connectivity index (χ0v) is 18.6. The van der Waals surface area contributed by atoms with E-state index in [4.69, 9.17) is 0 Å². The summed E-state index contributed by atoms with van der Waals surface area (Å²) in [6.07, 6.45) is -6.29. The van der Waals surface area contributed by atoms with Crippen molar-refractivity contribution in [3.8, 4) is 0 Å². The van der Waals surface area contributed by atoms with Gasteiger partial charge < -0.3 is 10.0 Å². The number of carbonyl (C=O) groups is 2. The van der Waals surface area contributed by atoms with Crippen LogP contribution in [0.5, 0.6) is 0 Å². The number of piperazine rings is 1. The first-order valence-corrected chi connectivity index (χ1v) is 11.5. The van der Waals surface area contributed by atoms with E-state index < -0.39 is 39.7 Å². The molecule has 0 saturated carbocycles. The third-order valence-corrected chi connectivity index (χ3v) is 7.53. The van der Waals surface area contributed by atoms with Gasteiger partial charge in [0.15, 0.2) is 11.4 Å². The number of hydrogen-bond acceptors (Lipinski definition) is 5. The number of nitrogens with zero attached hydrogens (tertiary/aromatic N) is 2. The van der Waals surface area contributed by atoms with Crippen LogP contribution in [0.25, 0.3) is 0 Å². The molecule has 7 nitrogen and oxygen atoms in total. The molecule has 11 heteroatoms. The molecule has 0 aromatic heterocycles. The fraction of sp³-hybridized carbons (Fsp3) is 0.364. The molecular formula is C22H23F3N2O5S. The largest absolute Gasteiger partial charge is 0.421 e. The van der Waals surface area contributed by atoms with Crippen LogP contribution in [-0.2, 0) is 20.4 Å². The third kappa shape index (κ3) is 5.10. The molecule has 2 aromatic rings. The van der Waals surface area contributed by atoms with Crippen LogP contribution in [0.4, 0.5) is 13.2 Å². The molecule has 178 valence electrons. The number of amides is 1. The maximum absolute atomic E-state index is 13.7. The fourth-order valence-electron chi connectivity index (χ4n) is 3.60. The van der Waals surface area contributed by atoms with Crippen molar-refractivity contribution in [1.82, 2.24) is 9.21 Å². The number of sulfonamides is 1. The summed E-state index contributed by atoms with van der Waals surface area (Å²) in [7, 11) is -3.90. The Hall–Kier alpha value is -2.76. The highest BCUT2D eigenvalue weighted by molar-refractivity contribution is 7.89. The number of halogens is 3. The molecule has 1 aliphatic rings. The summed E-state index contributed by atoms with van der Waals surface area (Å²) in [4.78, 5) is 25.1. The van der Waals surface area contributed by atoms with Crippen molar-refractivity contribution in [1.29, 1.82) is 0 Å². The number of aliphatic hydroxyl groups is 1. The first kappa shape index (κ1) is 24.9. The van der Waals surface area contributed by atoms with Crippen LogP contribution < -0.4 is 0 Å². The van der Waals surface area contributed by atoms with E-state index in [1.807, 2.05) is 0 Å². The Balaban J connectivity index is 1.70. The molecule has 1 heterocycles. The summed E-state index contributed by atoms with van der Waals surface area (Å²) in [5.41, 5.74) is -3.44. The Bertz CT molecular complexity index is 1110. The van der Waals surface area contributed by atoms with Crippen molar-refractivity contribution >= 4 is 21.7 Å². The summed E-state index contributed by atoms with van der Waals surface area (Å²) in [6.45, 7) is 0.895. The number of carbonyl (C=O) groups excluding carboxylic acids is 2. The Morgan fingerprint density at radius 3 is 1.97 bits per heavy atom. The highest BCUT2D eigenvalue weighted by Crippen LogP contribution is 2.42. The van der Waals surface area contributed by atoms with Crippen LogP contribution >= 0.6 is 0 Å². The lowest BCUT2D eigenvalue weighted by atomic mass is 9.89.